The summed E-state index contributed by atoms with van der Waals surface area (Å²) in [5, 5.41) is 2.45. The van der Waals surface area contributed by atoms with E-state index in [-0.39, 0.29) is 0 Å². The summed E-state index contributed by atoms with van der Waals surface area (Å²) in [5.41, 5.74) is 2.00. The van der Waals surface area contributed by atoms with Crippen molar-refractivity contribution in [1.82, 2.24) is 4.98 Å². The predicted octanol–water partition coefficient (Wildman–Crippen LogP) is 6.23. The lowest BCUT2D eigenvalue weighted by atomic mass is 9.94. The van der Waals surface area contributed by atoms with Crippen LogP contribution < -0.4 is 0 Å². The molecular formula is C16H19Cl2N. The summed E-state index contributed by atoms with van der Waals surface area (Å²) in [5.74, 6) is 0.496. The van der Waals surface area contributed by atoms with Crippen LogP contribution in [-0.4, -0.2) is 4.98 Å². The first-order chi connectivity index (χ1) is 9.15. The number of pyridine rings is 1. The van der Waals surface area contributed by atoms with Crippen LogP contribution in [0.5, 0.6) is 0 Å². The Balaban J connectivity index is 2.48. The first-order valence-corrected chi connectivity index (χ1v) is 7.67. The highest BCUT2D eigenvalue weighted by molar-refractivity contribution is 6.36. The molecule has 0 fully saturated rings. The van der Waals surface area contributed by atoms with Crippen molar-refractivity contribution >= 4 is 34.1 Å². The topological polar surface area (TPSA) is 12.9 Å². The van der Waals surface area contributed by atoms with Crippen LogP contribution in [-0.2, 0) is 0 Å². The number of fused-ring (bicyclic) bond motifs is 1. The highest BCUT2D eigenvalue weighted by atomic mass is 35.5. The molecule has 0 bridgehead atoms. The van der Waals surface area contributed by atoms with Gasteiger partial charge in [0.1, 0.15) is 0 Å². The normalized spacial score (nSPS) is 11.4. The second-order valence-corrected chi connectivity index (χ2v) is 5.81. The van der Waals surface area contributed by atoms with Crippen LogP contribution in [0.25, 0.3) is 10.9 Å². The molecule has 19 heavy (non-hydrogen) atoms. The van der Waals surface area contributed by atoms with Gasteiger partial charge in [0.15, 0.2) is 0 Å². The van der Waals surface area contributed by atoms with E-state index in [0.29, 0.717) is 10.9 Å². The molecular weight excluding hydrogens is 277 g/mol. The van der Waals surface area contributed by atoms with Gasteiger partial charge in [0.2, 0.25) is 0 Å². The van der Waals surface area contributed by atoms with Crippen LogP contribution in [0.3, 0.4) is 0 Å². The molecule has 2 aromatic rings. The van der Waals surface area contributed by atoms with Gasteiger partial charge in [-0.25, -0.2) is 0 Å². The number of rotatable bonds is 5. The zero-order valence-electron chi connectivity index (χ0n) is 11.4. The van der Waals surface area contributed by atoms with Crippen LogP contribution in [0, 0.1) is 0 Å². The van der Waals surface area contributed by atoms with E-state index in [9.17, 15) is 0 Å². The summed E-state index contributed by atoms with van der Waals surface area (Å²) in [7, 11) is 0. The molecule has 0 saturated carbocycles. The minimum absolute atomic E-state index is 0.496. The van der Waals surface area contributed by atoms with E-state index >= 15 is 0 Å². The van der Waals surface area contributed by atoms with Gasteiger partial charge in [-0.05, 0) is 37.1 Å². The minimum Gasteiger partial charge on any atom is -0.252 e. The molecule has 102 valence electrons. The Kier molecular flexibility index (Phi) is 5.06. The molecule has 0 radical (unpaired) electrons. The summed E-state index contributed by atoms with van der Waals surface area (Å²) in [6, 6.07) is 7.70. The lowest BCUT2D eigenvalue weighted by molar-refractivity contribution is 0.550. The largest absolute Gasteiger partial charge is 0.252 e. The number of aromatic nitrogens is 1. The number of benzene rings is 1. The van der Waals surface area contributed by atoms with E-state index in [1.54, 1.807) is 0 Å². The molecule has 0 amide bonds. The monoisotopic (exact) mass is 295 g/mol. The maximum atomic E-state index is 6.38. The van der Waals surface area contributed by atoms with Crippen LogP contribution in [0.1, 0.15) is 51.1 Å². The highest BCUT2D eigenvalue weighted by Crippen LogP contribution is 2.31. The fraction of sp³-hybridized carbons (Fsp3) is 0.438. The van der Waals surface area contributed by atoms with Gasteiger partial charge in [-0.3, -0.25) is 4.98 Å². The number of nitrogens with zero attached hydrogens (tertiary/aromatic N) is 1. The summed E-state index contributed by atoms with van der Waals surface area (Å²) in [6.45, 7) is 4.42. The Hall–Kier alpha value is -0.790. The zero-order chi connectivity index (χ0) is 13.8. The third-order valence-electron chi connectivity index (χ3n) is 3.43. The molecule has 0 aliphatic carbocycles. The second kappa shape index (κ2) is 6.58. The maximum Gasteiger partial charge on any atom is 0.0735 e. The Morgan fingerprint density at radius 2 is 1.74 bits per heavy atom. The van der Waals surface area contributed by atoms with Crippen molar-refractivity contribution in [1.29, 1.82) is 0 Å². The fourth-order valence-electron chi connectivity index (χ4n) is 2.52. The lowest BCUT2D eigenvalue weighted by Gasteiger charge is -2.16. The van der Waals surface area contributed by atoms with E-state index in [2.05, 4.69) is 13.8 Å². The van der Waals surface area contributed by atoms with E-state index in [1.807, 2.05) is 24.3 Å². The average Bonchev–Trinajstić information content (AvgIpc) is 2.37. The van der Waals surface area contributed by atoms with Crippen molar-refractivity contribution in [3.63, 3.8) is 0 Å². The van der Waals surface area contributed by atoms with Crippen molar-refractivity contribution in [2.75, 3.05) is 0 Å². The highest BCUT2D eigenvalue weighted by Gasteiger charge is 2.14. The van der Waals surface area contributed by atoms with Crippen molar-refractivity contribution < 1.29 is 0 Å². The molecule has 3 heteroatoms. The molecule has 1 aromatic heterocycles. The SMILES string of the molecule is CCCC(CCC)c1cc(Cl)c2ccc(Cl)cc2n1. The molecule has 0 unspecified atom stereocenters. The zero-order valence-corrected chi connectivity index (χ0v) is 12.9. The summed E-state index contributed by atoms with van der Waals surface area (Å²) >= 11 is 12.4. The van der Waals surface area contributed by atoms with E-state index in [4.69, 9.17) is 28.2 Å². The Morgan fingerprint density at radius 1 is 1.05 bits per heavy atom. The smallest absolute Gasteiger partial charge is 0.0735 e. The van der Waals surface area contributed by atoms with Gasteiger partial charge in [0.05, 0.1) is 10.5 Å². The lowest BCUT2D eigenvalue weighted by Crippen LogP contribution is -2.02. The summed E-state index contributed by atoms with van der Waals surface area (Å²) in [4.78, 5) is 4.77. The molecule has 0 aliphatic heterocycles. The predicted molar refractivity (Wildman–Crippen MR) is 84.3 cm³/mol. The first kappa shape index (κ1) is 14.6. The molecule has 2 rings (SSSR count). The quantitative estimate of drug-likeness (QED) is 0.637. The van der Waals surface area contributed by atoms with Crippen molar-refractivity contribution in [3.05, 3.63) is 40.0 Å². The first-order valence-electron chi connectivity index (χ1n) is 6.91. The molecule has 0 spiro atoms. The third kappa shape index (κ3) is 3.40. The van der Waals surface area contributed by atoms with Crippen molar-refractivity contribution in [2.24, 2.45) is 0 Å². The molecule has 0 atom stereocenters. The van der Waals surface area contributed by atoms with E-state index in [0.717, 1.165) is 47.3 Å². The number of halogens is 2. The van der Waals surface area contributed by atoms with Gasteiger partial charge in [-0.1, -0.05) is 49.9 Å². The molecule has 1 heterocycles. The van der Waals surface area contributed by atoms with Gasteiger partial charge in [-0.15, -0.1) is 0 Å². The molecule has 0 saturated heterocycles. The average molecular weight is 296 g/mol. The van der Waals surface area contributed by atoms with Gasteiger partial charge < -0.3 is 0 Å². The van der Waals surface area contributed by atoms with Gasteiger partial charge >= 0.3 is 0 Å². The third-order valence-corrected chi connectivity index (χ3v) is 3.98. The molecule has 0 aliphatic rings. The van der Waals surface area contributed by atoms with Crippen molar-refractivity contribution in [2.45, 2.75) is 45.4 Å². The van der Waals surface area contributed by atoms with Gasteiger partial charge in [0, 0.05) is 22.0 Å². The van der Waals surface area contributed by atoms with E-state index < -0.39 is 0 Å². The Morgan fingerprint density at radius 3 is 2.37 bits per heavy atom. The van der Waals surface area contributed by atoms with Gasteiger partial charge in [-0.2, -0.15) is 0 Å². The minimum atomic E-state index is 0.496. The Bertz CT molecular complexity index is 560. The van der Waals surface area contributed by atoms with Crippen LogP contribution in [0.15, 0.2) is 24.3 Å². The molecule has 1 aromatic carbocycles. The van der Waals surface area contributed by atoms with Crippen LogP contribution in [0.4, 0.5) is 0 Å². The van der Waals surface area contributed by atoms with E-state index in [1.165, 1.54) is 0 Å². The van der Waals surface area contributed by atoms with Crippen molar-refractivity contribution in [3.8, 4) is 0 Å². The fourth-order valence-corrected chi connectivity index (χ4v) is 2.96. The number of hydrogen-bond acceptors (Lipinski definition) is 1. The summed E-state index contributed by atoms with van der Waals surface area (Å²) in [6.07, 6.45) is 4.64. The maximum absolute atomic E-state index is 6.38. The molecule has 0 N–H and O–H groups in total. The Labute approximate surface area is 124 Å². The number of hydrogen-bond donors (Lipinski definition) is 0. The van der Waals surface area contributed by atoms with Gasteiger partial charge in [0.25, 0.3) is 0 Å². The molecule has 1 nitrogen and oxygen atoms in total. The van der Waals surface area contributed by atoms with Crippen LogP contribution in [0.2, 0.25) is 10.0 Å². The second-order valence-electron chi connectivity index (χ2n) is 4.96. The van der Waals surface area contributed by atoms with Crippen LogP contribution >= 0.6 is 23.2 Å². The standard InChI is InChI=1S/C16H19Cl2N/c1-3-5-11(6-4-2)15-10-14(18)13-8-7-12(17)9-16(13)19-15/h7-11H,3-6H2,1-2H3. The summed E-state index contributed by atoms with van der Waals surface area (Å²) < 4.78 is 0.